The predicted octanol–water partition coefficient (Wildman–Crippen LogP) is 3.60. The zero-order valence-corrected chi connectivity index (χ0v) is 19.1. The molecule has 5 rings (SSSR count). The van der Waals surface area contributed by atoms with E-state index in [1.165, 1.54) is 18.2 Å². The van der Waals surface area contributed by atoms with E-state index in [2.05, 4.69) is 4.90 Å². The van der Waals surface area contributed by atoms with Gasteiger partial charge in [0.15, 0.2) is 5.43 Å². The molecule has 1 fully saturated rings. The molecule has 8 heteroatoms. The smallest absolute Gasteiger partial charge is 0.290 e. The third-order valence-electron chi connectivity index (χ3n) is 6.39. The summed E-state index contributed by atoms with van der Waals surface area (Å²) in [6.07, 6.45) is 0.740. The Kier molecular flexibility index (Phi) is 6.34. The van der Waals surface area contributed by atoms with Crippen molar-refractivity contribution in [3.8, 4) is 5.75 Å². The molecular weight excluding hydrogens is 439 g/mol. The molecule has 2 aliphatic heterocycles. The second-order valence-electron chi connectivity index (χ2n) is 8.53. The monoisotopic (exact) mass is 466 g/mol. The van der Waals surface area contributed by atoms with Gasteiger partial charge in [-0.1, -0.05) is 12.1 Å². The van der Waals surface area contributed by atoms with Crippen molar-refractivity contribution in [1.29, 1.82) is 0 Å². The predicted molar refractivity (Wildman–Crippen MR) is 125 cm³/mol. The third-order valence-corrected chi connectivity index (χ3v) is 6.39. The average Bonchev–Trinajstić information content (AvgIpc) is 3.13. The SMILES string of the molecule is CCOc1cccc([C@H]2c3c(oc4ccc(F)cc4c3=O)C(=O)N2CCCN2CCOCC2)c1. The largest absolute Gasteiger partial charge is 0.494 e. The van der Waals surface area contributed by atoms with Crippen LogP contribution in [0.3, 0.4) is 0 Å². The zero-order valence-electron chi connectivity index (χ0n) is 19.1. The summed E-state index contributed by atoms with van der Waals surface area (Å²) in [5, 5.41) is 0.132. The van der Waals surface area contributed by atoms with E-state index in [0.717, 1.165) is 31.6 Å². The first-order valence-electron chi connectivity index (χ1n) is 11.7. The van der Waals surface area contributed by atoms with Gasteiger partial charge >= 0.3 is 0 Å². The molecule has 0 spiro atoms. The molecule has 0 unspecified atom stereocenters. The van der Waals surface area contributed by atoms with Gasteiger partial charge in [-0.25, -0.2) is 4.39 Å². The number of hydrogen-bond donors (Lipinski definition) is 0. The first-order chi connectivity index (χ1) is 16.6. The normalized spacial score (nSPS) is 18.5. The molecule has 1 aromatic heterocycles. The van der Waals surface area contributed by atoms with Crippen LogP contribution in [0.1, 0.15) is 41.1 Å². The first-order valence-corrected chi connectivity index (χ1v) is 11.7. The van der Waals surface area contributed by atoms with Crippen molar-refractivity contribution >= 4 is 16.9 Å². The number of benzene rings is 2. The van der Waals surface area contributed by atoms with Gasteiger partial charge in [0.05, 0.1) is 36.8 Å². The highest BCUT2D eigenvalue weighted by Gasteiger charge is 2.42. The molecule has 1 atom stereocenters. The topological polar surface area (TPSA) is 72.2 Å². The van der Waals surface area contributed by atoms with Crippen LogP contribution in [-0.2, 0) is 4.74 Å². The number of hydrogen-bond acceptors (Lipinski definition) is 6. The maximum atomic E-state index is 13.9. The highest BCUT2D eigenvalue weighted by molar-refractivity contribution is 5.99. The van der Waals surface area contributed by atoms with Crippen LogP contribution in [0.25, 0.3) is 11.0 Å². The summed E-state index contributed by atoms with van der Waals surface area (Å²) in [6, 6.07) is 10.6. The highest BCUT2D eigenvalue weighted by atomic mass is 19.1. The summed E-state index contributed by atoms with van der Waals surface area (Å²) in [5.41, 5.74) is 0.831. The molecule has 178 valence electrons. The van der Waals surface area contributed by atoms with Crippen molar-refractivity contribution in [1.82, 2.24) is 9.80 Å². The molecule has 3 heterocycles. The number of ether oxygens (including phenoxy) is 2. The van der Waals surface area contributed by atoms with Crippen LogP contribution >= 0.6 is 0 Å². The van der Waals surface area contributed by atoms with Gasteiger partial charge in [-0.3, -0.25) is 14.5 Å². The number of carbonyl (C=O) groups excluding carboxylic acids is 1. The van der Waals surface area contributed by atoms with E-state index in [1.54, 1.807) is 4.90 Å². The Morgan fingerprint density at radius 1 is 1.09 bits per heavy atom. The molecule has 1 amide bonds. The standard InChI is InChI=1S/C26H27FN2O5/c1-2-33-19-6-3-5-17(15-19)23-22-24(30)20-16-18(27)7-8-21(20)34-25(22)26(31)29(23)10-4-9-28-11-13-32-14-12-28/h3,5-8,15-16,23H,2,4,9-14H2,1H3/t23-/m0/s1. The molecule has 0 saturated carbocycles. The van der Waals surface area contributed by atoms with E-state index in [4.69, 9.17) is 13.9 Å². The quantitative estimate of drug-likeness (QED) is 0.530. The molecule has 34 heavy (non-hydrogen) atoms. The lowest BCUT2D eigenvalue weighted by molar-refractivity contribution is 0.0353. The minimum Gasteiger partial charge on any atom is -0.494 e. The lowest BCUT2D eigenvalue weighted by Gasteiger charge is -2.29. The fraction of sp³-hybridized carbons (Fsp3) is 0.385. The van der Waals surface area contributed by atoms with Gasteiger partial charge in [-0.05, 0) is 49.2 Å². The van der Waals surface area contributed by atoms with Crippen LogP contribution in [0.5, 0.6) is 5.75 Å². The number of amides is 1. The number of rotatable bonds is 7. The fourth-order valence-electron chi connectivity index (χ4n) is 4.80. The van der Waals surface area contributed by atoms with Crippen LogP contribution in [0, 0.1) is 5.82 Å². The minimum absolute atomic E-state index is 0.0299. The van der Waals surface area contributed by atoms with Crippen LogP contribution in [0.2, 0.25) is 0 Å². The Bertz CT molecular complexity index is 1270. The van der Waals surface area contributed by atoms with Crippen molar-refractivity contribution in [2.24, 2.45) is 0 Å². The second-order valence-corrected chi connectivity index (χ2v) is 8.53. The van der Waals surface area contributed by atoms with Crippen molar-refractivity contribution in [3.63, 3.8) is 0 Å². The zero-order chi connectivity index (χ0) is 23.7. The van der Waals surface area contributed by atoms with Gasteiger partial charge < -0.3 is 18.8 Å². The van der Waals surface area contributed by atoms with Gasteiger partial charge in [-0.15, -0.1) is 0 Å². The Hall–Kier alpha value is -3.23. The third kappa shape index (κ3) is 4.19. The highest BCUT2D eigenvalue weighted by Crippen LogP contribution is 2.39. The van der Waals surface area contributed by atoms with Crippen LogP contribution in [0.4, 0.5) is 4.39 Å². The van der Waals surface area contributed by atoms with Crippen LogP contribution < -0.4 is 10.2 Å². The first kappa shape index (κ1) is 22.6. The van der Waals surface area contributed by atoms with E-state index >= 15 is 0 Å². The summed E-state index contributed by atoms with van der Waals surface area (Å²) in [7, 11) is 0. The Labute approximate surface area is 196 Å². The molecule has 2 aromatic carbocycles. The van der Waals surface area contributed by atoms with Crippen molar-refractivity contribution < 1.29 is 23.1 Å². The second kappa shape index (κ2) is 9.56. The van der Waals surface area contributed by atoms with E-state index in [0.29, 0.717) is 32.1 Å². The molecule has 0 N–H and O–H groups in total. The van der Waals surface area contributed by atoms with Gasteiger partial charge in [0.25, 0.3) is 5.91 Å². The molecule has 3 aromatic rings. The maximum Gasteiger partial charge on any atom is 0.290 e. The van der Waals surface area contributed by atoms with Gasteiger partial charge in [0.1, 0.15) is 17.1 Å². The van der Waals surface area contributed by atoms with Gasteiger partial charge in [-0.2, -0.15) is 0 Å². The van der Waals surface area contributed by atoms with Gasteiger partial charge in [0, 0.05) is 26.2 Å². The molecule has 2 aliphatic rings. The number of nitrogens with zero attached hydrogens (tertiary/aromatic N) is 2. The lowest BCUT2D eigenvalue weighted by Crippen LogP contribution is -2.38. The summed E-state index contributed by atoms with van der Waals surface area (Å²) in [6.45, 7) is 6.83. The number of carbonyl (C=O) groups is 1. The Balaban J connectivity index is 1.54. The van der Waals surface area contributed by atoms with E-state index < -0.39 is 11.9 Å². The Morgan fingerprint density at radius 2 is 1.91 bits per heavy atom. The average molecular weight is 467 g/mol. The van der Waals surface area contributed by atoms with Crippen LogP contribution in [0.15, 0.2) is 51.7 Å². The maximum absolute atomic E-state index is 13.9. The summed E-state index contributed by atoms with van der Waals surface area (Å²) in [5.74, 6) is -0.166. The number of morpholine rings is 1. The van der Waals surface area contributed by atoms with Crippen molar-refractivity contribution in [2.45, 2.75) is 19.4 Å². The Morgan fingerprint density at radius 3 is 2.71 bits per heavy atom. The molecule has 7 nitrogen and oxygen atoms in total. The van der Waals surface area contributed by atoms with Gasteiger partial charge in [0.2, 0.25) is 5.76 Å². The summed E-state index contributed by atoms with van der Waals surface area (Å²) < 4.78 is 30.9. The van der Waals surface area contributed by atoms with E-state index in [-0.39, 0.29) is 33.6 Å². The lowest BCUT2D eigenvalue weighted by atomic mass is 9.98. The van der Waals surface area contributed by atoms with Crippen molar-refractivity contribution in [2.75, 3.05) is 46.0 Å². The van der Waals surface area contributed by atoms with E-state index in [1.807, 2.05) is 31.2 Å². The molecule has 0 bridgehead atoms. The number of fused-ring (bicyclic) bond motifs is 2. The van der Waals surface area contributed by atoms with Crippen molar-refractivity contribution in [3.05, 3.63) is 75.4 Å². The fourth-order valence-corrected chi connectivity index (χ4v) is 4.80. The summed E-state index contributed by atoms with van der Waals surface area (Å²) in [4.78, 5) is 31.0. The molecular formula is C26H27FN2O5. The molecule has 0 aliphatic carbocycles. The molecule has 0 radical (unpaired) electrons. The summed E-state index contributed by atoms with van der Waals surface area (Å²) >= 11 is 0. The van der Waals surface area contributed by atoms with Crippen LogP contribution in [-0.4, -0.2) is 61.7 Å². The van der Waals surface area contributed by atoms with E-state index in [9.17, 15) is 14.0 Å². The minimum atomic E-state index is -0.628. The molecule has 1 saturated heterocycles. The number of halogens is 1.